The molecule has 0 spiro atoms. The number of pyridine rings is 1. The molecule has 374 valence electrons. The summed E-state index contributed by atoms with van der Waals surface area (Å²) in [4.78, 5) is 45.4. The van der Waals surface area contributed by atoms with E-state index < -0.39 is 12.7 Å². The fourth-order valence-electron chi connectivity index (χ4n) is 8.94. The van der Waals surface area contributed by atoms with Crippen molar-refractivity contribution < 1.29 is 32.3 Å². The third-order valence-electron chi connectivity index (χ3n) is 12.8. The molecule has 1 atom stereocenters. The van der Waals surface area contributed by atoms with E-state index in [2.05, 4.69) is 90.1 Å². The number of piperazine rings is 1. The first-order chi connectivity index (χ1) is 34.5. The molecule has 7 N–H and O–H groups in total. The van der Waals surface area contributed by atoms with Crippen molar-refractivity contribution in [2.45, 2.75) is 64.0 Å². The molecule has 2 aliphatic rings. The molecule has 0 bridgehead atoms. The van der Waals surface area contributed by atoms with Crippen molar-refractivity contribution in [1.29, 1.82) is 0 Å². The number of ether oxygens (including phenoxy) is 1. The second-order valence-electron chi connectivity index (χ2n) is 17.8. The number of piperidine rings is 1. The van der Waals surface area contributed by atoms with Crippen molar-refractivity contribution in [2.24, 2.45) is 0 Å². The second-order valence-corrected chi connectivity index (χ2v) is 17.8. The van der Waals surface area contributed by atoms with E-state index in [0.29, 0.717) is 52.4 Å². The smallest absolute Gasteiger partial charge is 0.382 e. The summed E-state index contributed by atoms with van der Waals surface area (Å²) < 4.78 is 49.6. The zero-order chi connectivity index (χ0) is 49.6. The van der Waals surface area contributed by atoms with Gasteiger partial charge in [0.15, 0.2) is 0 Å². The summed E-state index contributed by atoms with van der Waals surface area (Å²) in [6.07, 6.45) is 2.55. The lowest BCUT2D eigenvalue weighted by atomic mass is 10.1. The largest absolute Gasteiger partial charge is 0.406 e. The van der Waals surface area contributed by atoms with Gasteiger partial charge in [-0.3, -0.25) is 14.4 Å². The third-order valence-corrected chi connectivity index (χ3v) is 12.8. The van der Waals surface area contributed by atoms with E-state index >= 15 is 0 Å². The molecule has 8 rings (SSSR count). The summed E-state index contributed by atoms with van der Waals surface area (Å²) in [6.45, 7) is 7.55. The Labute approximate surface area is 411 Å². The topological polar surface area (TPSA) is 171 Å². The summed E-state index contributed by atoms with van der Waals surface area (Å²) in [5.74, 6) is 5.18. The van der Waals surface area contributed by atoms with Crippen molar-refractivity contribution in [3.8, 4) is 11.8 Å². The van der Waals surface area contributed by atoms with Crippen LogP contribution in [0, 0.1) is 11.8 Å². The van der Waals surface area contributed by atoms with Crippen molar-refractivity contribution in [3.05, 3.63) is 120 Å². The number of rotatable bonds is 20. The number of hydrogen-bond acceptors (Lipinski definition) is 10. The van der Waals surface area contributed by atoms with E-state index in [1.54, 1.807) is 59.3 Å². The van der Waals surface area contributed by atoms with Gasteiger partial charge in [0, 0.05) is 97.1 Å². The molecule has 3 aromatic carbocycles. The van der Waals surface area contributed by atoms with E-state index in [9.17, 15) is 27.6 Å². The van der Waals surface area contributed by atoms with Crippen molar-refractivity contribution in [1.82, 2.24) is 40.7 Å². The zero-order valence-electron chi connectivity index (χ0n) is 40.0. The Morgan fingerprint density at radius 2 is 1.63 bits per heavy atom. The highest BCUT2D eigenvalue weighted by atomic mass is 19.4. The van der Waals surface area contributed by atoms with Crippen LogP contribution in [-0.2, 0) is 29.0 Å². The monoisotopic (exact) mass is 973 g/mol. The number of carbonyl (C=O) groups is 3. The predicted octanol–water partition coefficient (Wildman–Crippen LogP) is 5.90. The summed E-state index contributed by atoms with van der Waals surface area (Å²) in [6, 6.07) is 26.8. The van der Waals surface area contributed by atoms with E-state index in [1.165, 1.54) is 16.5 Å². The molecule has 6 aromatic rings. The summed E-state index contributed by atoms with van der Waals surface area (Å²) in [5, 5.41) is 23.6. The van der Waals surface area contributed by atoms with Gasteiger partial charge >= 0.3 is 6.18 Å². The van der Waals surface area contributed by atoms with Gasteiger partial charge < -0.3 is 56.0 Å². The summed E-state index contributed by atoms with van der Waals surface area (Å²) in [7, 11) is 0. The quantitative estimate of drug-likeness (QED) is 0.0361. The van der Waals surface area contributed by atoms with Gasteiger partial charge in [0.2, 0.25) is 5.91 Å². The molecule has 15 nitrogen and oxygen atoms in total. The number of benzene rings is 3. The highest BCUT2D eigenvalue weighted by molar-refractivity contribution is 5.97. The van der Waals surface area contributed by atoms with Crippen LogP contribution in [-0.4, -0.2) is 122 Å². The fourth-order valence-corrected chi connectivity index (χ4v) is 8.94. The number of amides is 3. The number of carbonyl (C=O) groups excluding carboxylic acids is 3. The van der Waals surface area contributed by atoms with Crippen LogP contribution >= 0.6 is 0 Å². The van der Waals surface area contributed by atoms with Crippen LogP contribution in [0.4, 0.5) is 30.2 Å². The van der Waals surface area contributed by atoms with Gasteiger partial charge in [0.05, 0.1) is 36.5 Å². The van der Waals surface area contributed by atoms with Crippen LogP contribution in [0.2, 0.25) is 0 Å². The molecule has 3 aromatic heterocycles. The maximum atomic E-state index is 13.7. The standard InChI is InChI=1S/C53H62F3N11O4/c1-2-41-34-65(28-24-59-41)44-14-8-37(9-15-44)16-23-61-52(70)40-31-39-19-27-66(50(39)63-33-40)35-49(68)60-25-29-71-30-26-62-51(69)38-10-12-42(13-11-38)58-20-4-5-45-32-46-47(64-43-17-21-57-22-18-43)6-3-7-48(46)67(45)36-53(54,55)56/h3,6-15,19,27,31-33,41,43,57-59,64H,2,16-18,20-26,28-30,34-36H2,1H3,(H,60,68)(H,61,70)(H,62,69)/t41-/m0/s1. The van der Waals surface area contributed by atoms with Gasteiger partial charge in [-0.05, 0) is 117 Å². The lowest BCUT2D eigenvalue weighted by molar-refractivity contribution is -0.140. The number of halogens is 3. The van der Waals surface area contributed by atoms with Gasteiger partial charge in [-0.2, -0.15) is 13.2 Å². The van der Waals surface area contributed by atoms with Crippen molar-refractivity contribution >= 4 is 56.7 Å². The second kappa shape index (κ2) is 24.2. The minimum atomic E-state index is -4.42. The highest BCUT2D eigenvalue weighted by Gasteiger charge is 2.30. The maximum absolute atomic E-state index is 13.7. The molecular weight excluding hydrogens is 912 g/mol. The Morgan fingerprint density at radius 1 is 0.873 bits per heavy atom. The SMILES string of the molecule is CC[C@H]1CN(c2ccc(CCNC(=O)c3cnc4c(ccn4CC(=O)NCCOCCNC(=O)c4ccc(NCC#Cc5cc6c(NC7CCNCC7)cccc6n5CC(F)(F)F)cc4)c3)cc2)CCN1. The lowest BCUT2D eigenvalue weighted by Crippen LogP contribution is -2.50. The average Bonchev–Trinajstić information content (AvgIpc) is 3.94. The molecule has 2 fully saturated rings. The molecule has 5 heterocycles. The first kappa shape index (κ1) is 50.3. The Hall–Kier alpha value is -7.07. The number of nitrogens with one attached hydrogen (secondary N) is 7. The number of nitrogens with zero attached hydrogens (tertiary/aromatic N) is 4. The van der Waals surface area contributed by atoms with Crippen LogP contribution in [0.25, 0.3) is 21.9 Å². The molecule has 2 aliphatic heterocycles. The molecular formula is C53H62F3N11O4. The van der Waals surface area contributed by atoms with Crippen LogP contribution in [0.15, 0.2) is 97.3 Å². The number of hydrogen-bond donors (Lipinski definition) is 7. The minimum Gasteiger partial charge on any atom is -0.382 e. The van der Waals surface area contributed by atoms with Crippen molar-refractivity contribution in [2.75, 3.05) is 87.7 Å². The molecule has 0 saturated carbocycles. The zero-order valence-corrected chi connectivity index (χ0v) is 40.0. The van der Waals surface area contributed by atoms with Crippen LogP contribution in [0.5, 0.6) is 0 Å². The first-order valence-corrected chi connectivity index (χ1v) is 24.4. The Morgan fingerprint density at radius 3 is 2.41 bits per heavy atom. The van der Waals surface area contributed by atoms with Crippen LogP contribution in [0.3, 0.4) is 0 Å². The average molecular weight is 974 g/mol. The van der Waals surface area contributed by atoms with E-state index in [-0.39, 0.29) is 68.9 Å². The minimum absolute atomic E-state index is 0.0434. The molecule has 2 saturated heterocycles. The van der Waals surface area contributed by atoms with Crippen molar-refractivity contribution in [3.63, 3.8) is 0 Å². The van der Waals surface area contributed by atoms with Gasteiger partial charge in [-0.15, -0.1) is 0 Å². The Kier molecular flexibility index (Phi) is 17.1. The number of fused-ring (bicyclic) bond motifs is 2. The highest BCUT2D eigenvalue weighted by Crippen LogP contribution is 2.31. The first-order valence-electron chi connectivity index (χ1n) is 24.4. The van der Waals surface area contributed by atoms with Gasteiger partial charge in [-0.1, -0.05) is 31.0 Å². The molecule has 18 heteroatoms. The number of anilines is 3. The molecule has 0 radical (unpaired) electrons. The van der Waals surface area contributed by atoms with Crippen LogP contribution in [0.1, 0.15) is 58.2 Å². The maximum Gasteiger partial charge on any atom is 0.406 e. The summed E-state index contributed by atoms with van der Waals surface area (Å²) >= 11 is 0. The predicted molar refractivity (Wildman–Crippen MR) is 272 cm³/mol. The number of aromatic nitrogens is 3. The normalized spacial score (nSPS) is 15.3. The van der Waals surface area contributed by atoms with Gasteiger partial charge in [-0.25, -0.2) is 4.98 Å². The summed E-state index contributed by atoms with van der Waals surface area (Å²) in [5.41, 5.74) is 6.10. The number of alkyl halides is 3. The van der Waals surface area contributed by atoms with Gasteiger partial charge in [0.1, 0.15) is 18.7 Å². The molecule has 0 aliphatic carbocycles. The lowest BCUT2D eigenvalue weighted by Gasteiger charge is -2.35. The molecule has 0 unspecified atom stereocenters. The van der Waals surface area contributed by atoms with E-state index in [1.807, 2.05) is 12.1 Å². The van der Waals surface area contributed by atoms with Gasteiger partial charge in [0.25, 0.3) is 11.8 Å². The Balaban J connectivity index is 0.706. The Bertz CT molecular complexity index is 2810. The third kappa shape index (κ3) is 14.1. The van der Waals surface area contributed by atoms with E-state index in [4.69, 9.17) is 4.74 Å². The molecule has 3 amide bonds. The molecule has 71 heavy (non-hydrogen) atoms. The van der Waals surface area contributed by atoms with Crippen LogP contribution < -0.4 is 42.1 Å². The fraction of sp³-hybridized carbons (Fsp3) is 0.396. The van der Waals surface area contributed by atoms with E-state index in [0.717, 1.165) is 68.6 Å².